The van der Waals surface area contributed by atoms with Crippen molar-refractivity contribution in [1.82, 2.24) is 4.90 Å². The molecule has 0 amide bonds. The van der Waals surface area contributed by atoms with Gasteiger partial charge in [-0.2, -0.15) is 0 Å². The summed E-state index contributed by atoms with van der Waals surface area (Å²) in [6.07, 6.45) is 4.31. The predicted octanol–water partition coefficient (Wildman–Crippen LogP) is 2.98. The standard InChI is InChI=1S/C14H27NO2/c1-11-7-6-8-12(2)15(11)10-9-13(16)17-14(3,4)5/h11-12H,6-10H2,1-5H3/t11-,12+. The Balaban J connectivity index is 2.36. The molecule has 0 unspecified atom stereocenters. The fraction of sp³-hybridized carbons (Fsp3) is 0.929. The van der Waals surface area contributed by atoms with Gasteiger partial charge in [-0.25, -0.2) is 0 Å². The minimum Gasteiger partial charge on any atom is -0.460 e. The van der Waals surface area contributed by atoms with Crippen molar-refractivity contribution in [2.24, 2.45) is 0 Å². The molecule has 1 saturated heterocycles. The van der Waals surface area contributed by atoms with E-state index in [1.54, 1.807) is 0 Å². The van der Waals surface area contributed by atoms with Crippen molar-refractivity contribution in [3.63, 3.8) is 0 Å². The second-order valence-corrected chi connectivity index (χ2v) is 6.20. The van der Waals surface area contributed by atoms with E-state index in [-0.39, 0.29) is 11.6 Å². The van der Waals surface area contributed by atoms with Gasteiger partial charge in [-0.1, -0.05) is 6.42 Å². The van der Waals surface area contributed by atoms with E-state index in [2.05, 4.69) is 18.7 Å². The maximum absolute atomic E-state index is 11.7. The van der Waals surface area contributed by atoms with Crippen LogP contribution in [0.5, 0.6) is 0 Å². The number of rotatable bonds is 3. The van der Waals surface area contributed by atoms with Crippen molar-refractivity contribution in [3.8, 4) is 0 Å². The van der Waals surface area contributed by atoms with E-state index >= 15 is 0 Å². The molecule has 100 valence electrons. The van der Waals surface area contributed by atoms with Crippen LogP contribution in [0.2, 0.25) is 0 Å². The summed E-state index contributed by atoms with van der Waals surface area (Å²) in [5.41, 5.74) is -0.365. The Labute approximate surface area is 106 Å². The highest BCUT2D eigenvalue weighted by Gasteiger charge is 2.25. The van der Waals surface area contributed by atoms with Crippen LogP contribution >= 0.6 is 0 Å². The summed E-state index contributed by atoms with van der Waals surface area (Å²) in [6, 6.07) is 1.20. The minimum absolute atomic E-state index is 0.0810. The molecular weight excluding hydrogens is 214 g/mol. The van der Waals surface area contributed by atoms with E-state index in [1.807, 2.05) is 20.8 Å². The molecule has 1 heterocycles. The number of hydrogen-bond donors (Lipinski definition) is 0. The highest BCUT2D eigenvalue weighted by Crippen LogP contribution is 2.22. The average molecular weight is 241 g/mol. The first-order valence-corrected chi connectivity index (χ1v) is 6.77. The SMILES string of the molecule is C[C@@H]1CCC[C@H](C)N1CCC(=O)OC(C)(C)C. The van der Waals surface area contributed by atoms with Crippen molar-refractivity contribution in [2.45, 2.75) is 78.0 Å². The molecule has 3 heteroatoms. The molecule has 0 radical (unpaired) electrons. The van der Waals surface area contributed by atoms with Crippen molar-refractivity contribution >= 4 is 5.97 Å². The molecule has 0 N–H and O–H groups in total. The van der Waals surface area contributed by atoms with E-state index in [1.165, 1.54) is 19.3 Å². The third-order valence-corrected chi connectivity index (χ3v) is 3.37. The lowest BCUT2D eigenvalue weighted by molar-refractivity contribution is -0.155. The molecule has 1 aliphatic heterocycles. The van der Waals surface area contributed by atoms with Crippen LogP contribution in [-0.2, 0) is 9.53 Å². The van der Waals surface area contributed by atoms with Crippen molar-refractivity contribution < 1.29 is 9.53 Å². The topological polar surface area (TPSA) is 29.5 Å². The Bertz CT molecular complexity index is 247. The third-order valence-electron chi connectivity index (χ3n) is 3.37. The number of carbonyl (C=O) groups excluding carboxylic acids is 1. The quantitative estimate of drug-likeness (QED) is 0.711. The van der Waals surface area contributed by atoms with Gasteiger partial charge in [-0.3, -0.25) is 9.69 Å². The number of hydrogen-bond acceptors (Lipinski definition) is 3. The average Bonchev–Trinajstić information content (AvgIpc) is 2.14. The lowest BCUT2D eigenvalue weighted by Crippen LogP contribution is -2.44. The van der Waals surface area contributed by atoms with Crippen molar-refractivity contribution in [1.29, 1.82) is 0 Å². The number of piperidine rings is 1. The van der Waals surface area contributed by atoms with Gasteiger partial charge in [0.1, 0.15) is 5.60 Å². The molecule has 3 nitrogen and oxygen atoms in total. The largest absolute Gasteiger partial charge is 0.460 e. The predicted molar refractivity (Wildman–Crippen MR) is 69.9 cm³/mol. The first-order chi connectivity index (χ1) is 7.79. The second-order valence-electron chi connectivity index (χ2n) is 6.20. The van der Waals surface area contributed by atoms with Gasteiger partial charge in [0, 0.05) is 18.6 Å². The highest BCUT2D eigenvalue weighted by molar-refractivity contribution is 5.70. The van der Waals surface area contributed by atoms with Crippen molar-refractivity contribution in [2.75, 3.05) is 6.54 Å². The van der Waals surface area contributed by atoms with Crippen LogP contribution in [0.25, 0.3) is 0 Å². The molecule has 0 saturated carbocycles. The molecule has 0 aromatic heterocycles. The minimum atomic E-state index is -0.365. The number of likely N-dealkylation sites (tertiary alicyclic amines) is 1. The smallest absolute Gasteiger partial charge is 0.307 e. The first kappa shape index (κ1) is 14.5. The number of esters is 1. The van der Waals surface area contributed by atoms with Gasteiger partial charge in [0.25, 0.3) is 0 Å². The molecule has 0 aromatic carbocycles. The van der Waals surface area contributed by atoms with Gasteiger partial charge in [-0.15, -0.1) is 0 Å². The molecule has 0 aliphatic carbocycles. The summed E-state index contributed by atoms with van der Waals surface area (Å²) in [6.45, 7) is 11.1. The van der Waals surface area contributed by atoms with Gasteiger partial charge >= 0.3 is 5.97 Å². The van der Waals surface area contributed by atoms with E-state index in [0.717, 1.165) is 6.54 Å². The van der Waals surface area contributed by atoms with Crippen molar-refractivity contribution in [3.05, 3.63) is 0 Å². The Hall–Kier alpha value is -0.570. The van der Waals surface area contributed by atoms with Crippen LogP contribution in [0, 0.1) is 0 Å². The maximum atomic E-state index is 11.7. The fourth-order valence-corrected chi connectivity index (χ4v) is 2.53. The number of nitrogens with zero attached hydrogens (tertiary/aromatic N) is 1. The fourth-order valence-electron chi connectivity index (χ4n) is 2.53. The number of ether oxygens (including phenoxy) is 1. The molecule has 17 heavy (non-hydrogen) atoms. The maximum Gasteiger partial charge on any atom is 0.307 e. The lowest BCUT2D eigenvalue weighted by atomic mass is 9.97. The summed E-state index contributed by atoms with van der Waals surface area (Å²) in [4.78, 5) is 14.1. The molecule has 0 bridgehead atoms. The van der Waals surface area contributed by atoms with Crippen LogP contribution in [0.4, 0.5) is 0 Å². The zero-order valence-corrected chi connectivity index (χ0v) is 12.0. The summed E-state index contributed by atoms with van der Waals surface area (Å²) >= 11 is 0. The second kappa shape index (κ2) is 5.85. The zero-order chi connectivity index (χ0) is 13.1. The normalized spacial score (nSPS) is 26.9. The number of carbonyl (C=O) groups is 1. The van der Waals surface area contributed by atoms with Gasteiger partial charge < -0.3 is 4.74 Å². The summed E-state index contributed by atoms with van der Waals surface area (Å²) in [5, 5.41) is 0. The van der Waals surface area contributed by atoms with E-state index in [0.29, 0.717) is 18.5 Å². The van der Waals surface area contributed by atoms with Gasteiger partial charge in [-0.05, 0) is 47.5 Å². The van der Waals surface area contributed by atoms with E-state index < -0.39 is 0 Å². The third kappa shape index (κ3) is 5.07. The molecular formula is C14H27NO2. The zero-order valence-electron chi connectivity index (χ0n) is 12.0. The van der Waals surface area contributed by atoms with Crippen LogP contribution in [0.1, 0.15) is 60.3 Å². The molecule has 1 aliphatic rings. The summed E-state index contributed by atoms with van der Waals surface area (Å²) < 4.78 is 5.33. The van der Waals surface area contributed by atoms with Gasteiger partial charge in [0.15, 0.2) is 0 Å². The summed E-state index contributed by atoms with van der Waals surface area (Å²) in [7, 11) is 0. The Morgan fingerprint density at radius 1 is 1.24 bits per heavy atom. The molecule has 0 spiro atoms. The van der Waals surface area contributed by atoms with Crippen LogP contribution < -0.4 is 0 Å². The van der Waals surface area contributed by atoms with E-state index in [4.69, 9.17) is 4.74 Å². The van der Waals surface area contributed by atoms with E-state index in [9.17, 15) is 4.79 Å². The van der Waals surface area contributed by atoms with Crippen LogP contribution in [-0.4, -0.2) is 35.1 Å². The van der Waals surface area contributed by atoms with Crippen LogP contribution in [0.15, 0.2) is 0 Å². The first-order valence-electron chi connectivity index (χ1n) is 6.77. The van der Waals surface area contributed by atoms with Gasteiger partial charge in [0.05, 0.1) is 6.42 Å². The Kier molecular flexibility index (Phi) is 4.99. The lowest BCUT2D eigenvalue weighted by Gasteiger charge is -2.38. The molecule has 1 rings (SSSR count). The summed E-state index contributed by atoms with van der Waals surface area (Å²) in [5.74, 6) is -0.0810. The monoisotopic (exact) mass is 241 g/mol. The molecule has 0 aromatic rings. The van der Waals surface area contributed by atoms with Crippen LogP contribution in [0.3, 0.4) is 0 Å². The molecule has 1 fully saturated rings. The van der Waals surface area contributed by atoms with Gasteiger partial charge in [0.2, 0.25) is 0 Å². The Morgan fingerprint density at radius 3 is 2.24 bits per heavy atom. The molecule has 2 atom stereocenters. The highest BCUT2D eigenvalue weighted by atomic mass is 16.6. The Morgan fingerprint density at radius 2 is 1.76 bits per heavy atom.